The van der Waals surface area contributed by atoms with Crippen molar-refractivity contribution in [2.45, 2.75) is 6.54 Å². The molecule has 0 aliphatic rings. The first kappa shape index (κ1) is 28.7. The van der Waals surface area contributed by atoms with Crippen LogP contribution in [0, 0.1) is 12.3 Å². The van der Waals surface area contributed by atoms with Gasteiger partial charge in [-0.2, -0.15) is 0 Å². The molecule has 232 valence electrons. The Morgan fingerprint density at radius 3 is 1.64 bits per heavy atom. The van der Waals surface area contributed by atoms with Gasteiger partial charge in [-0.05, 0) is 41.9 Å². The number of hydrogen-bond acceptors (Lipinski definition) is 2. The minimum Gasteiger partial charge on any atom is -0.454 e. The van der Waals surface area contributed by atoms with Crippen molar-refractivity contribution in [3.05, 3.63) is 138 Å². The van der Waals surface area contributed by atoms with Gasteiger partial charge >= 0.3 is 0 Å². The summed E-state index contributed by atoms with van der Waals surface area (Å²) in [7, 11) is 6.42. The smallest absolute Gasteiger partial charge is 0.160 e. The first-order valence-electron chi connectivity index (χ1n) is 17.0. The van der Waals surface area contributed by atoms with Crippen LogP contribution in [0.2, 0.25) is 0 Å². The van der Waals surface area contributed by atoms with Gasteiger partial charge in [-0.25, -0.2) is 0 Å². The van der Waals surface area contributed by atoms with Crippen molar-refractivity contribution < 1.29 is 8.83 Å². The lowest BCUT2D eigenvalue weighted by Gasteiger charge is -2.20. The zero-order valence-electron chi connectivity index (χ0n) is 28.0. The fraction of sp³-hybridized carbons (Fsp3) is 0.0233. The highest BCUT2D eigenvalue weighted by molar-refractivity contribution is 6.41. The Morgan fingerprint density at radius 2 is 1.02 bits per heavy atom. The molecule has 10 aromatic rings. The fourth-order valence-electron chi connectivity index (χ4n) is 8.22. The van der Waals surface area contributed by atoms with Crippen LogP contribution in [0.15, 0.2) is 147 Å². The Kier molecular flexibility index (Phi) is 6.11. The summed E-state index contributed by atoms with van der Waals surface area (Å²) < 4.78 is 18.2. The van der Waals surface area contributed by atoms with Gasteiger partial charge in [0.1, 0.15) is 34.7 Å². The molecule has 10 rings (SSSR count). The molecule has 4 aromatic heterocycles. The van der Waals surface area contributed by atoms with Crippen molar-refractivity contribution in [1.82, 2.24) is 9.13 Å². The summed E-state index contributed by atoms with van der Waals surface area (Å²) in [5.41, 5.74) is 12.1. The topological polar surface area (TPSA) is 36.1 Å². The molecule has 0 aliphatic carbocycles. The lowest BCUT2D eigenvalue weighted by Crippen LogP contribution is -2.11. The fourth-order valence-corrected chi connectivity index (χ4v) is 8.22. The van der Waals surface area contributed by atoms with E-state index in [2.05, 4.69) is 134 Å². The van der Waals surface area contributed by atoms with Crippen LogP contribution in [0.4, 0.5) is 0 Å². The van der Waals surface area contributed by atoms with Crippen LogP contribution in [-0.4, -0.2) is 32.7 Å². The predicted molar refractivity (Wildman–Crippen MR) is 218 cm³/mol. The third-order valence-electron chi connectivity index (χ3n) is 10.6. The second kappa shape index (κ2) is 10.6. The van der Waals surface area contributed by atoms with Crippen molar-refractivity contribution >= 4 is 117 Å². The molecular weight excluding hydrogens is 609 g/mol. The highest BCUT2D eigenvalue weighted by Gasteiger charge is 2.24. The number of allylic oxidation sites excluding steroid dienone is 4. The monoisotopic (exact) mass is 638 g/mol. The Balaban J connectivity index is 1.34. The van der Waals surface area contributed by atoms with E-state index in [9.17, 15) is 0 Å². The van der Waals surface area contributed by atoms with Crippen LogP contribution in [0.1, 0.15) is 0 Å². The quantitative estimate of drug-likeness (QED) is 0.111. The summed E-state index contributed by atoms with van der Waals surface area (Å²) in [5.74, 6) is 2.96. The zero-order valence-corrected chi connectivity index (χ0v) is 28.0. The molecule has 0 fully saturated rings. The molecule has 4 heterocycles. The molecule has 50 heavy (non-hydrogen) atoms. The van der Waals surface area contributed by atoms with Crippen LogP contribution >= 0.6 is 0 Å². The van der Waals surface area contributed by atoms with Crippen molar-refractivity contribution in [2.24, 2.45) is 0 Å². The number of hydrogen-bond donors (Lipinski definition) is 0. The van der Waals surface area contributed by atoms with Crippen LogP contribution in [0.5, 0.6) is 0 Å². The maximum atomic E-state index is 6.71. The van der Waals surface area contributed by atoms with Crippen molar-refractivity contribution in [1.29, 1.82) is 0 Å². The Hall–Kier alpha value is -6.25. The van der Waals surface area contributed by atoms with E-state index in [1.54, 1.807) is 0 Å². The van der Waals surface area contributed by atoms with Gasteiger partial charge in [-0.15, -0.1) is 6.42 Å². The molecule has 4 nitrogen and oxygen atoms in total. The molecule has 0 bridgehead atoms. The number of fused-ring (bicyclic) bond motifs is 14. The largest absolute Gasteiger partial charge is 0.454 e. The van der Waals surface area contributed by atoms with E-state index >= 15 is 0 Å². The third kappa shape index (κ3) is 3.88. The van der Waals surface area contributed by atoms with Gasteiger partial charge in [0, 0.05) is 60.8 Å². The van der Waals surface area contributed by atoms with Gasteiger partial charge in [-0.1, -0.05) is 102 Å². The summed E-state index contributed by atoms with van der Waals surface area (Å²) in [5, 5.41) is 9.13. The van der Waals surface area contributed by atoms with Crippen LogP contribution in [0.25, 0.3) is 93.2 Å². The Labute approximate surface area is 290 Å². The molecule has 0 saturated heterocycles. The zero-order chi connectivity index (χ0) is 33.7. The molecular formula is C43H29B3N2O2. The van der Waals surface area contributed by atoms with Gasteiger partial charge in [0.15, 0.2) is 11.2 Å². The summed E-state index contributed by atoms with van der Waals surface area (Å²) in [6, 6.07) is 42.7. The normalized spacial score (nSPS) is 13.3. The molecule has 0 radical (unpaired) electrons. The number of furan rings is 2. The average Bonchev–Trinajstić information content (AvgIpc) is 3.90. The number of benzene rings is 6. The van der Waals surface area contributed by atoms with E-state index < -0.39 is 0 Å². The highest BCUT2D eigenvalue weighted by atomic mass is 16.3. The molecule has 0 N–H and O–H groups in total. The minimum absolute atomic E-state index is 0.620. The van der Waals surface area contributed by atoms with Gasteiger partial charge in [0.2, 0.25) is 0 Å². The van der Waals surface area contributed by atoms with E-state index in [1.165, 1.54) is 21.6 Å². The SMILES string of the molecule is B/C(C#C)=C(B)/C(=C(/B)Cn1c2ccccc2c2ccc3c4ccccc4oc3c21)n1c2ccccc2c2ccc3c4ccccc4oc3c21. The van der Waals surface area contributed by atoms with Gasteiger partial charge < -0.3 is 18.0 Å². The first-order chi connectivity index (χ1) is 24.5. The molecule has 0 atom stereocenters. The average molecular weight is 638 g/mol. The van der Waals surface area contributed by atoms with Crippen LogP contribution < -0.4 is 0 Å². The van der Waals surface area contributed by atoms with Gasteiger partial charge in [0.05, 0.1) is 16.6 Å². The predicted octanol–water partition coefficient (Wildman–Crippen LogP) is 8.31. The Bertz CT molecular complexity index is 3180. The number of para-hydroxylation sites is 4. The number of rotatable bonds is 4. The van der Waals surface area contributed by atoms with Gasteiger partial charge in [0.25, 0.3) is 0 Å². The molecule has 6 aromatic carbocycles. The molecule has 0 saturated carbocycles. The van der Waals surface area contributed by atoms with Gasteiger partial charge in [-0.3, -0.25) is 0 Å². The summed E-state index contributed by atoms with van der Waals surface area (Å²) in [6.07, 6.45) is 6.14. The van der Waals surface area contributed by atoms with Crippen molar-refractivity contribution in [2.75, 3.05) is 0 Å². The Morgan fingerprint density at radius 1 is 0.540 bits per heavy atom. The summed E-state index contributed by atoms with van der Waals surface area (Å²) in [6.45, 7) is 0.620. The maximum Gasteiger partial charge on any atom is 0.160 e. The van der Waals surface area contributed by atoms with E-state index in [1.807, 2.05) is 26.0 Å². The number of terminal acetylenes is 1. The summed E-state index contributed by atoms with van der Waals surface area (Å²) in [4.78, 5) is 0. The molecule has 7 heteroatoms. The van der Waals surface area contributed by atoms with E-state index in [4.69, 9.17) is 15.3 Å². The number of aromatic nitrogens is 2. The van der Waals surface area contributed by atoms with E-state index in [0.717, 1.165) is 88.0 Å². The van der Waals surface area contributed by atoms with E-state index in [0.29, 0.717) is 6.54 Å². The van der Waals surface area contributed by atoms with Crippen LogP contribution in [-0.2, 0) is 6.54 Å². The molecule has 0 amide bonds. The first-order valence-corrected chi connectivity index (χ1v) is 17.0. The number of nitrogens with zero attached hydrogens (tertiary/aromatic N) is 2. The van der Waals surface area contributed by atoms with E-state index in [-0.39, 0.29) is 0 Å². The lowest BCUT2D eigenvalue weighted by molar-refractivity contribution is 0.669. The minimum atomic E-state index is 0.620. The molecule has 0 unspecified atom stereocenters. The maximum absolute atomic E-state index is 6.71. The highest BCUT2D eigenvalue weighted by Crippen LogP contribution is 2.43. The van der Waals surface area contributed by atoms with Crippen molar-refractivity contribution in [3.8, 4) is 12.3 Å². The van der Waals surface area contributed by atoms with Crippen LogP contribution in [0.3, 0.4) is 0 Å². The lowest BCUT2D eigenvalue weighted by atomic mass is 9.75. The molecule has 0 spiro atoms. The summed E-state index contributed by atoms with van der Waals surface area (Å²) >= 11 is 0. The second-order valence-corrected chi connectivity index (χ2v) is 13.4. The standard InChI is InChI=1S/C43H29B3N2O2/c1-2-32(44)38(46)41(48-35-16-8-4-12-25(35)29-20-22-31-27-14-6-10-18-37(27)50-43(31)40(29)48)33(45)23-47-34-15-7-3-11-24(34)28-19-21-30-26-13-5-9-17-36(26)49-42(30)39(28)47/h1,3-22H,23,44-46H2/b38-32-,41-33-. The second-order valence-electron chi connectivity index (χ2n) is 13.4. The van der Waals surface area contributed by atoms with Crippen molar-refractivity contribution in [3.63, 3.8) is 0 Å². The molecule has 0 aliphatic heterocycles. The third-order valence-corrected chi connectivity index (χ3v) is 10.6.